The van der Waals surface area contributed by atoms with Crippen LogP contribution < -0.4 is 10.9 Å². The van der Waals surface area contributed by atoms with E-state index in [4.69, 9.17) is 4.98 Å². The van der Waals surface area contributed by atoms with E-state index in [9.17, 15) is 9.59 Å². The minimum atomic E-state index is -0.409. The van der Waals surface area contributed by atoms with Gasteiger partial charge < -0.3 is 5.32 Å². The Morgan fingerprint density at radius 3 is 2.76 bits per heavy atom. The highest BCUT2D eigenvalue weighted by atomic mass is 32.2. The lowest BCUT2D eigenvalue weighted by atomic mass is 10.2. The fourth-order valence-corrected chi connectivity index (χ4v) is 4.22. The Morgan fingerprint density at radius 2 is 2.03 bits per heavy atom. The van der Waals surface area contributed by atoms with E-state index in [1.54, 1.807) is 16.8 Å². The number of carbonyl (C=O) groups excluding carboxylic acids is 1. The summed E-state index contributed by atoms with van der Waals surface area (Å²) in [6.45, 7) is 5.98. The first-order valence-corrected chi connectivity index (χ1v) is 10.9. The minimum absolute atomic E-state index is 0.0249. The first-order valence-electron chi connectivity index (χ1n) is 10.0. The number of amides is 1. The molecule has 152 valence electrons. The summed E-state index contributed by atoms with van der Waals surface area (Å²) in [6.07, 6.45) is 4.56. The number of benzene rings is 1. The summed E-state index contributed by atoms with van der Waals surface area (Å²) in [6, 6.07) is 9.56. The zero-order valence-electron chi connectivity index (χ0n) is 16.8. The van der Waals surface area contributed by atoms with Crippen molar-refractivity contribution in [3.8, 4) is 0 Å². The number of rotatable bonds is 7. The minimum Gasteiger partial charge on any atom is -0.310 e. The largest absolute Gasteiger partial charge is 0.310 e. The lowest BCUT2D eigenvalue weighted by Gasteiger charge is -2.18. The van der Waals surface area contributed by atoms with Gasteiger partial charge in [-0.1, -0.05) is 30.8 Å². The quantitative estimate of drug-likeness (QED) is 0.469. The maximum atomic E-state index is 13.0. The third kappa shape index (κ3) is 3.94. The highest BCUT2D eigenvalue weighted by molar-refractivity contribution is 8.00. The SMILES string of the molecule is CC[C@@H](C)n1nccc1NC(=O)[C@@H](C)Sc1nc2ccccc2c(=O)n1C1CC1. The second-order valence-corrected chi connectivity index (χ2v) is 8.79. The summed E-state index contributed by atoms with van der Waals surface area (Å²) in [7, 11) is 0. The van der Waals surface area contributed by atoms with Gasteiger partial charge in [0.05, 0.1) is 28.4 Å². The molecule has 0 spiro atoms. The summed E-state index contributed by atoms with van der Waals surface area (Å²) in [5.41, 5.74) is 0.641. The Balaban J connectivity index is 1.58. The second-order valence-electron chi connectivity index (χ2n) is 7.49. The second kappa shape index (κ2) is 8.02. The molecular weight excluding hydrogens is 386 g/mol. The average Bonchev–Trinajstić information content (AvgIpc) is 3.45. The molecule has 2 heterocycles. The Bertz CT molecular complexity index is 1100. The van der Waals surface area contributed by atoms with Crippen LogP contribution in [0.4, 0.5) is 5.82 Å². The van der Waals surface area contributed by atoms with Crippen molar-refractivity contribution in [3.63, 3.8) is 0 Å². The van der Waals surface area contributed by atoms with Crippen LogP contribution in [0.25, 0.3) is 10.9 Å². The normalized spacial score (nSPS) is 16.0. The number of para-hydroxylation sites is 1. The highest BCUT2D eigenvalue weighted by Crippen LogP contribution is 2.37. The first kappa shape index (κ1) is 19.7. The van der Waals surface area contributed by atoms with Crippen molar-refractivity contribution < 1.29 is 4.79 Å². The maximum Gasteiger partial charge on any atom is 0.262 e. The molecule has 2 aromatic heterocycles. The van der Waals surface area contributed by atoms with Gasteiger partial charge in [0.2, 0.25) is 5.91 Å². The van der Waals surface area contributed by atoms with Crippen molar-refractivity contribution in [1.82, 2.24) is 19.3 Å². The van der Waals surface area contributed by atoms with Gasteiger partial charge in [-0.2, -0.15) is 5.10 Å². The van der Waals surface area contributed by atoms with Crippen LogP contribution in [0.15, 0.2) is 46.5 Å². The van der Waals surface area contributed by atoms with Crippen LogP contribution in [-0.2, 0) is 4.79 Å². The van der Waals surface area contributed by atoms with E-state index in [0.717, 1.165) is 19.3 Å². The van der Waals surface area contributed by atoms with E-state index in [-0.39, 0.29) is 23.6 Å². The standard InChI is InChI=1S/C21H25N5O2S/c1-4-13(2)26-18(11-12-22-26)24-19(27)14(3)29-21-23-17-8-6-5-7-16(17)20(28)25(21)15-9-10-15/h5-8,11-15H,4,9-10H2,1-3H3,(H,24,27)/t13-,14-/m1/s1. The number of nitrogens with zero attached hydrogens (tertiary/aromatic N) is 4. The average molecular weight is 412 g/mol. The molecule has 0 aliphatic heterocycles. The Kier molecular flexibility index (Phi) is 5.45. The zero-order chi connectivity index (χ0) is 20.5. The fourth-order valence-electron chi connectivity index (χ4n) is 3.24. The molecule has 8 heteroatoms. The summed E-state index contributed by atoms with van der Waals surface area (Å²) in [5.74, 6) is 0.549. The molecule has 1 N–H and O–H groups in total. The van der Waals surface area contributed by atoms with Crippen LogP contribution in [0.5, 0.6) is 0 Å². The molecule has 1 aliphatic rings. The van der Waals surface area contributed by atoms with Crippen LogP contribution in [0.2, 0.25) is 0 Å². The fraction of sp³-hybridized carbons (Fsp3) is 0.429. The van der Waals surface area contributed by atoms with Crippen LogP contribution in [-0.4, -0.2) is 30.5 Å². The Hall–Kier alpha value is -2.61. The van der Waals surface area contributed by atoms with E-state index in [2.05, 4.69) is 24.3 Å². The number of hydrogen-bond donors (Lipinski definition) is 1. The van der Waals surface area contributed by atoms with Gasteiger partial charge in [0.1, 0.15) is 5.82 Å². The van der Waals surface area contributed by atoms with Crippen LogP contribution in [0, 0.1) is 0 Å². The molecule has 0 unspecified atom stereocenters. The number of carbonyl (C=O) groups is 1. The van der Waals surface area contributed by atoms with Crippen LogP contribution in [0.1, 0.15) is 52.1 Å². The summed E-state index contributed by atoms with van der Waals surface area (Å²) in [5, 5.41) is 8.10. The smallest absolute Gasteiger partial charge is 0.262 e. The number of anilines is 1. The number of nitrogens with one attached hydrogen (secondary N) is 1. The van der Waals surface area contributed by atoms with Gasteiger partial charge in [0.25, 0.3) is 5.56 Å². The third-order valence-electron chi connectivity index (χ3n) is 5.27. The van der Waals surface area contributed by atoms with Crippen molar-refractivity contribution in [1.29, 1.82) is 0 Å². The van der Waals surface area contributed by atoms with Gasteiger partial charge in [-0.3, -0.25) is 14.2 Å². The molecule has 2 atom stereocenters. The molecule has 4 rings (SSSR count). The van der Waals surface area contributed by atoms with E-state index in [1.807, 2.05) is 35.9 Å². The molecule has 3 aromatic rings. The van der Waals surface area contributed by atoms with E-state index in [1.165, 1.54) is 11.8 Å². The Morgan fingerprint density at radius 1 is 1.28 bits per heavy atom. The van der Waals surface area contributed by atoms with Crippen LogP contribution in [0.3, 0.4) is 0 Å². The van der Waals surface area contributed by atoms with E-state index in [0.29, 0.717) is 21.9 Å². The van der Waals surface area contributed by atoms with Crippen molar-refractivity contribution in [2.24, 2.45) is 0 Å². The summed E-state index contributed by atoms with van der Waals surface area (Å²) < 4.78 is 3.59. The van der Waals surface area contributed by atoms with E-state index >= 15 is 0 Å². The van der Waals surface area contributed by atoms with Gasteiger partial charge in [-0.15, -0.1) is 0 Å². The van der Waals surface area contributed by atoms with Crippen molar-refractivity contribution >= 4 is 34.4 Å². The summed E-state index contributed by atoms with van der Waals surface area (Å²) in [4.78, 5) is 30.5. The predicted molar refractivity (Wildman–Crippen MR) is 115 cm³/mol. The van der Waals surface area contributed by atoms with Crippen LogP contribution >= 0.6 is 11.8 Å². The van der Waals surface area contributed by atoms with Crippen molar-refractivity contribution in [3.05, 3.63) is 46.9 Å². The monoisotopic (exact) mass is 411 g/mol. The lowest BCUT2D eigenvalue weighted by Crippen LogP contribution is -2.27. The lowest BCUT2D eigenvalue weighted by molar-refractivity contribution is -0.115. The van der Waals surface area contributed by atoms with Gasteiger partial charge in [0.15, 0.2) is 5.16 Å². The molecule has 0 bridgehead atoms. The van der Waals surface area contributed by atoms with Gasteiger partial charge in [-0.25, -0.2) is 9.67 Å². The van der Waals surface area contributed by atoms with Gasteiger partial charge in [-0.05, 0) is 45.2 Å². The highest BCUT2D eigenvalue weighted by Gasteiger charge is 2.30. The van der Waals surface area contributed by atoms with E-state index < -0.39 is 5.25 Å². The molecule has 29 heavy (non-hydrogen) atoms. The zero-order valence-corrected chi connectivity index (χ0v) is 17.6. The molecular formula is C21H25N5O2S. The van der Waals surface area contributed by atoms with Crippen molar-refractivity contribution in [2.45, 2.75) is 62.5 Å². The molecule has 0 radical (unpaired) electrons. The molecule has 1 aromatic carbocycles. The molecule has 1 amide bonds. The van der Waals surface area contributed by atoms with Crippen molar-refractivity contribution in [2.75, 3.05) is 5.32 Å². The predicted octanol–water partition coefficient (Wildman–Crippen LogP) is 4.02. The topological polar surface area (TPSA) is 81.8 Å². The number of aromatic nitrogens is 4. The molecule has 1 aliphatic carbocycles. The number of fused-ring (bicyclic) bond motifs is 1. The number of hydrogen-bond acceptors (Lipinski definition) is 5. The molecule has 7 nitrogen and oxygen atoms in total. The van der Waals surface area contributed by atoms with Gasteiger partial charge in [0, 0.05) is 12.1 Å². The number of thioether (sulfide) groups is 1. The third-order valence-corrected chi connectivity index (χ3v) is 6.34. The maximum absolute atomic E-state index is 13.0. The molecule has 1 saturated carbocycles. The first-order chi connectivity index (χ1) is 14.0. The summed E-state index contributed by atoms with van der Waals surface area (Å²) >= 11 is 1.33. The Labute approximate surface area is 173 Å². The molecule has 0 saturated heterocycles. The molecule has 1 fully saturated rings. The van der Waals surface area contributed by atoms with Gasteiger partial charge >= 0.3 is 0 Å².